The van der Waals surface area contributed by atoms with E-state index in [0.29, 0.717) is 0 Å². The SMILES string of the molecule is O=C(O)CC(NC(=O)C1CCCCCC1)C(=O)O. The second-order valence-corrected chi connectivity index (χ2v) is 4.69. The van der Waals surface area contributed by atoms with Gasteiger partial charge < -0.3 is 15.5 Å². The fraction of sp³-hybridized carbons (Fsp3) is 0.750. The third-order valence-electron chi connectivity index (χ3n) is 3.22. The molecule has 3 N–H and O–H groups in total. The van der Waals surface area contributed by atoms with Crippen LogP contribution in [-0.4, -0.2) is 34.1 Å². The first-order valence-corrected chi connectivity index (χ1v) is 6.25. The molecule has 0 aromatic carbocycles. The topological polar surface area (TPSA) is 104 Å². The van der Waals surface area contributed by atoms with Gasteiger partial charge >= 0.3 is 11.9 Å². The largest absolute Gasteiger partial charge is 0.481 e. The minimum absolute atomic E-state index is 0.178. The molecule has 0 aromatic heterocycles. The van der Waals surface area contributed by atoms with Crippen LogP contribution >= 0.6 is 0 Å². The highest BCUT2D eigenvalue weighted by atomic mass is 16.4. The highest BCUT2D eigenvalue weighted by Crippen LogP contribution is 2.23. The van der Waals surface area contributed by atoms with Gasteiger partial charge in [0, 0.05) is 5.92 Å². The average molecular weight is 257 g/mol. The third kappa shape index (κ3) is 4.73. The Morgan fingerprint density at radius 2 is 1.61 bits per heavy atom. The summed E-state index contributed by atoms with van der Waals surface area (Å²) in [5, 5.41) is 19.8. The van der Waals surface area contributed by atoms with Crippen molar-refractivity contribution in [1.82, 2.24) is 5.32 Å². The van der Waals surface area contributed by atoms with Crippen molar-refractivity contribution in [3.05, 3.63) is 0 Å². The molecule has 1 amide bonds. The maximum Gasteiger partial charge on any atom is 0.326 e. The Morgan fingerprint density at radius 3 is 2.06 bits per heavy atom. The van der Waals surface area contributed by atoms with E-state index in [9.17, 15) is 14.4 Å². The Morgan fingerprint density at radius 1 is 1.06 bits per heavy atom. The van der Waals surface area contributed by atoms with Crippen molar-refractivity contribution in [2.45, 2.75) is 51.0 Å². The Kier molecular flexibility index (Phi) is 5.61. The van der Waals surface area contributed by atoms with Crippen LogP contribution in [0.15, 0.2) is 0 Å². The molecule has 18 heavy (non-hydrogen) atoms. The molecule has 1 aliphatic carbocycles. The number of rotatable bonds is 5. The molecule has 1 atom stereocenters. The third-order valence-corrected chi connectivity index (χ3v) is 3.22. The van der Waals surface area contributed by atoms with E-state index in [-0.39, 0.29) is 11.8 Å². The monoisotopic (exact) mass is 257 g/mol. The normalized spacial score (nSPS) is 18.7. The second-order valence-electron chi connectivity index (χ2n) is 4.69. The van der Waals surface area contributed by atoms with Crippen LogP contribution < -0.4 is 5.32 Å². The van der Waals surface area contributed by atoms with Crippen LogP contribution in [-0.2, 0) is 14.4 Å². The summed E-state index contributed by atoms with van der Waals surface area (Å²) in [5.41, 5.74) is 0. The Bertz CT molecular complexity index is 320. The maximum atomic E-state index is 11.9. The van der Waals surface area contributed by atoms with E-state index in [2.05, 4.69) is 5.32 Å². The van der Waals surface area contributed by atoms with Gasteiger partial charge in [0.15, 0.2) is 0 Å². The molecular weight excluding hydrogens is 238 g/mol. The molecular formula is C12H19NO5. The number of carboxylic acids is 2. The van der Waals surface area contributed by atoms with Crippen molar-refractivity contribution in [2.24, 2.45) is 5.92 Å². The molecule has 0 heterocycles. The van der Waals surface area contributed by atoms with E-state index in [4.69, 9.17) is 10.2 Å². The van der Waals surface area contributed by atoms with Gasteiger partial charge in [0.2, 0.25) is 5.91 Å². The fourth-order valence-corrected chi connectivity index (χ4v) is 2.21. The Balaban J connectivity index is 2.53. The highest BCUT2D eigenvalue weighted by Gasteiger charge is 2.27. The van der Waals surface area contributed by atoms with Gasteiger partial charge in [-0.25, -0.2) is 4.79 Å². The smallest absolute Gasteiger partial charge is 0.326 e. The van der Waals surface area contributed by atoms with Crippen LogP contribution in [0.1, 0.15) is 44.9 Å². The maximum absolute atomic E-state index is 11.9. The first-order valence-electron chi connectivity index (χ1n) is 6.25. The minimum atomic E-state index is -1.33. The number of amides is 1. The zero-order valence-corrected chi connectivity index (χ0v) is 10.2. The number of carboxylic acid groups (broad SMARTS) is 2. The quantitative estimate of drug-likeness (QED) is 0.637. The van der Waals surface area contributed by atoms with Crippen LogP contribution in [0, 0.1) is 5.92 Å². The van der Waals surface area contributed by atoms with Gasteiger partial charge in [0.05, 0.1) is 6.42 Å². The molecule has 0 radical (unpaired) electrons. The number of hydrogen-bond acceptors (Lipinski definition) is 3. The summed E-state index contributed by atoms with van der Waals surface area (Å²) in [6.45, 7) is 0. The van der Waals surface area contributed by atoms with E-state index >= 15 is 0 Å². The van der Waals surface area contributed by atoms with E-state index in [1.54, 1.807) is 0 Å². The van der Waals surface area contributed by atoms with Gasteiger partial charge in [-0.1, -0.05) is 25.7 Å². The Labute approximate surface area is 105 Å². The predicted molar refractivity (Wildman–Crippen MR) is 63.0 cm³/mol. The molecule has 0 spiro atoms. The molecule has 0 aromatic rings. The molecule has 6 heteroatoms. The van der Waals surface area contributed by atoms with E-state index < -0.39 is 24.4 Å². The lowest BCUT2D eigenvalue weighted by Crippen LogP contribution is -2.44. The van der Waals surface area contributed by atoms with E-state index in [1.165, 1.54) is 0 Å². The summed E-state index contributed by atoms with van der Waals surface area (Å²) in [6, 6.07) is -1.33. The zero-order chi connectivity index (χ0) is 13.5. The number of aliphatic carboxylic acids is 2. The molecule has 102 valence electrons. The predicted octanol–water partition coefficient (Wildman–Crippen LogP) is 1.00. The average Bonchev–Trinajstić information content (AvgIpc) is 2.55. The van der Waals surface area contributed by atoms with Gasteiger partial charge in [0.1, 0.15) is 6.04 Å². The van der Waals surface area contributed by atoms with Crippen LogP contribution in [0.5, 0.6) is 0 Å². The van der Waals surface area contributed by atoms with Gasteiger partial charge in [0.25, 0.3) is 0 Å². The first kappa shape index (κ1) is 14.5. The molecule has 1 aliphatic rings. The number of carbonyl (C=O) groups is 3. The number of hydrogen-bond donors (Lipinski definition) is 3. The summed E-state index contributed by atoms with van der Waals surface area (Å²) in [5.74, 6) is -3.04. The summed E-state index contributed by atoms with van der Waals surface area (Å²) >= 11 is 0. The Hall–Kier alpha value is -1.59. The highest BCUT2D eigenvalue weighted by molar-refractivity contribution is 5.87. The van der Waals surface area contributed by atoms with Gasteiger partial charge in [-0.15, -0.1) is 0 Å². The second kappa shape index (κ2) is 6.98. The molecule has 6 nitrogen and oxygen atoms in total. The fourth-order valence-electron chi connectivity index (χ4n) is 2.21. The van der Waals surface area contributed by atoms with Crippen molar-refractivity contribution in [3.63, 3.8) is 0 Å². The molecule has 1 unspecified atom stereocenters. The lowest BCUT2D eigenvalue weighted by Gasteiger charge is -2.17. The van der Waals surface area contributed by atoms with Crippen LogP contribution in [0.2, 0.25) is 0 Å². The molecule has 1 saturated carbocycles. The number of nitrogens with one attached hydrogen (secondary N) is 1. The lowest BCUT2D eigenvalue weighted by molar-refractivity contribution is -0.147. The molecule has 0 aliphatic heterocycles. The van der Waals surface area contributed by atoms with Crippen molar-refractivity contribution >= 4 is 17.8 Å². The zero-order valence-electron chi connectivity index (χ0n) is 10.2. The lowest BCUT2D eigenvalue weighted by atomic mass is 9.99. The summed E-state index contributed by atoms with van der Waals surface area (Å²) in [7, 11) is 0. The van der Waals surface area contributed by atoms with E-state index in [1.807, 2.05) is 0 Å². The van der Waals surface area contributed by atoms with Gasteiger partial charge in [-0.05, 0) is 12.8 Å². The van der Waals surface area contributed by atoms with Gasteiger partial charge in [-0.2, -0.15) is 0 Å². The molecule has 0 bridgehead atoms. The van der Waals surface area contributed by atoms with Gasteiger partial charge in [-0.3, -0.25) is 9.59 Å². The molecule has 0 saturated heterocycles. The van der Waals surface area contributed by atoms with Crippen LogP contribution in [0.3, 0.4) is 0 Å². The summed E-state index contributed by atoms with van der Waals surface area (Å²) in [6.07, 6.45) is 5.05. The van der Waals surface area contributed by atoms with E-state index in [0.717, 1.165) is 38.5 Å². The number of carbonyl (C=O) groups excluding carboxylic acids is 1. The summed E-state index contributed by atoms with van der Waals surface area (Å²) < 4.78 is 0. The first-order chi connectivity index (χ1) is 8.50. The van der Waals surface area contributed by atoms with Crippen LogP contribution in [0.25, 0.3) is 0 Å². The summed E-state index contributed by atoms with van der Waals surface area (Å²) in [4.78, 5) is 33.2. The van der Waals surface area contributed by atoms with Crippen molar-refractivity contribution in [2.75, 3.05) is 0 Å². The van der Waals surface area contributed by atoms with Crippen molar-refractivity contribution < 1.29 is 24.6 Å². The molecule has 1 fully saturated rings. The van der Waals surface area contributed by atoms with Crippen molar-refractivity contribution in [3.8, 4) is 0 Å². The van der Waals surface area contributed by atoms with Crippen molar-refractivity contribution in [1.29, 1.82) is 0 Å². The minimum Gasteiger partial charge on any atom is -0.481 e. The van der Waals surface area contributed by atoms with Crippen LogP contribution in [0.4, 0.5) is 0 Å². The molecule has 1 rings (SSSR count). The standard InChI is InChI=1S/C12H19NO5/c14-10(15)7-9(12(17)18)13-11(16)8-5-3-1-2-4-6-8/h8-9H,1-7H2,(H,13,16)(H,14,15)(H,17,18).